The molecule has 0 spiro atoms. The Balaban J connectivity index is 2.87. The van der Waals surface area contributed by atoms with Crippen LogP contribution in [-0.4, -0.2) is 22.6 Å². The van der Waals surface area contributed by atoms with Crippen LogP contribution in [0.3, 0.4) is 0 Å². The second-order valence-corrected chi connectivity index (χ2v) is 4.85. The number of rotatable bonds is 7. The van der Waals surface area contributed by atoms with Crippen LogP contribution in [0.25, 0.3) is 0 Å². The fourth-order valence-corrected chi connectivity index (χ4v) is 1.47. The lowest BCUT2D eigenvalue weighted by molar-refractivity contribution is 0.163. The monoisotopic (exact) mass is 251 g/mol. The molecule has 4 heteroatoms. The maximum absolute atomic E-state index is 5.86. The number of aryl methyl sites for hydroxylation is 1. The van der Waals surface area contributed by atoms with E-state index in [2.05, 4.69) is 49.9 Å². The highest BCUT2D eigenvalue weighted by Crippen LogP contribution is 2.18. The zero-order chi connectivity index (χ0) is 13.5. The third-order valence-corrected chi connectivity index (χ3v) is 2.83. The molecule has 0 aromatic carbocycles. The second-order valence-electron chi connectivity index (χ2n) is 4.85. The van der Waals surface area contributed by atoms with Crippen LogP contribution in [0.2, 0.25) is 0 Å². The first-order valence-corrected chi connectivity index (χ1v) is 6.85. The predicted octanol–water partition coefficient (Wildman–Crippen LogP) is 3.28. The Bertz CT molecular complexity index is 342. The van der Waals surface area contributed by atoms with Gasteiger partial charge in [0.1, 0.15) is 11.6 Å². The van der Waals surface area contributed by atoms with E-state index in [1.54, 1.807) is 0 Å². The molecular formula is C14H25N3O. The summed E-state index contributed by atoms with van der Waals surface area (Å²) in [4.78, 5) is 8.92. The molecule has 0 aliphatic carbocycles. The van der Waals surface area contributed by atoms with Gasteiger partial charge in [-0.05, 0) is 26.2 Å². The van der Waals surface area contributed by atoms with E-state index in [1.807, 2.05) is 6.07 Å². The molecule has 0 saturated heterocycles. The maximum atomic E-state index is 5.86. The Kier molecular flexibility index (Phi) is 5.89. The van der Waals surface area contributed by atoms with E-state index in [0.717, 1.165) is 31.0 Å². The molecule has 1 aromatic heterocycles. The molecule has 1 aromatic rings. The Labute approximate surface area is 110 Å². The molecule has 1 unspecified atom stereocenters. The van der Waals surface area contributed by atoms with Gasteiger partial charge >= 0.3 is 0 Å². The van der Waals surface area contributed by atoms with Crippen LogP contribution in [0.5, 0.6) is 5.88 Å². The number of hydrogen-bond donors (Lipinski definition) is 1. The van der Waals surface area contributed by atoms with Crippen molar-refractivity contribution in [2.75, 3.05) is 11.9 Å². The van der Waals surface area contributed by atoms with Crippen LogP contribution >= 0.6 is 0 Å². The summed E-state index contributed by atoms with van der Waals surface area (Å²) in [5.74, 6) is 2.84. The van der Waals surface area contributed by atoms with Crippen LogP contribution in [0.4, 0.5) is 5.82 Å². The van der Waals surface area contributed by atoms with Crippen molar-refractivity contribution in [2.24, 2.45) is 5.92 Å². The largest absolute Gasteiger partial charge is 0.474 e. The van der Waals surface area contributed by atoms with Crippen LogP contribution in [-0.2, 0) is 6.42 Å². The number of anilines is 1. The predicted molar refractivity (Wildman–Crippen MR) is 75.1 cm³/mol. The minimum Gasteiger partial charge on any atom is -0.474 e. The average Bonchev–Trinajstić information content (AvgIpc) is 2.29. The molecule has 1 rings (SSSR count). The van der Waals surface area contributed by atoms with Crippen LogP contribution in [0.15, 0.2) is 6.07 Å². The van der Waals surface area contributed by atoms with Gasteiger partial charge in [-0.15, -0.1) is 0 Å². The Morgan fingerprint density at radius 1 is 1.22 bits per heavy atom. The highest BCUT2D eigenvalue weighted by molar-refractivity contribution is 5.38. The van der Waals surface area contributed by atoms with Gasteiger partial charge in [0.15, 0.2) is 0 Å². The zero-order valence-corrected chi connectivity index (χ0v) is 12.2. The first-order valence-electron chi connectivity index (χ1n) is 6.85. The highest BCUT2D eigenvalue weighted by Gasteiger charge is 2.11. The number of hydrogen-bond acceptors (Lipinski definition) is 4. The molecule has 1 N–H and O–H groups in total. The van der Waals surface area contributed by atoms with Gasteiger partial charge in [0.05, 0.1) is 6.10 Å². The standard InChI is InChI=1S/C14H25N3O/c1-6-8-12-16-13(15-7-2)9-14(17-12)18-11(5)10(3)4/h9-11H,6-8H2,1-5H3,(H,15,16,17). The Morgan fingerprint density at radius 3 is 2.50 bits per heavy atom. The van der Waals surface area contributed by atoms with Crippen molar-refractivity contribution in [3.8, 4) is 5.88 Å². The molecule has 4 nitrogen and oxygen atoms in total. The first kappa shape index (κ1) is 14.7. The van der Waals surface area contributed by atoms with Gasteiger partial charge in [-0.3, -0.25) is 0 Å². The maximum Gasteiger partial charge on any atom is 0.218 e. The number of nitrogens with zero attached hydrogens (tertiary/aromatic N) is 2. The summed E-state index contributed by atoms with van der Waals surface area (Å²) in [5.41, 5.74) is 0. The molecule has 0 amide bonds. The van der Waals surface area contributed by atoms with E-state index in [0.29, 0.717) is 11.8 Å². The average molecular weight is 251 g/mol. The van der Waals surface area contributed by atoms with Gasteiger partial charge in [-0.2, -0.15) is 4.98 Å². The molecule has 0 fully saturated rings. The summed E-state index contributed by atoms with van der Waals surface area (Å²) >= 11 is 0. The summed E-state index contributed by atoms with van der Waals surface area (Å²) < 4.78 is 5.86. The summed E-state index contributed by atoms with van der Waals surface area (Å²) in [7, 11) is 0. The van der Waals surface area contributed by atoms with Crippen molar-refractivity contribution >= 4 is 5.82 Å². The van der Waals surface area contributed by atoms with Crippen molar-refractivity contribution in [1.29, 1.82) is 0 Å². The van der Waals surface area contributed by atoms with E-state index in [1.165, 1.54) is 0 Å². The summed E-state index contributed by atoms with van der Waals surface area (Å²) in [5, 5.41) is 3.22. The fourth-order valence-electron chi connectivity index (χ4n) is 1.47. The van der Waals surface area contributed by atoms with Crippen molar-refractivity contribution < 1.29 is 4.74 Å². The Hall–Kier alpha value is -1.32. The Morgan fingerprint density at radius 2 is 1.94 bits per heavy atom. The number of nitrogens with one attached hydrogen (secondary N) is 1. The van der Waals surface area contributed by atoms with E-state index in [9.17, 15) is 0 Å². The normalized spacial score (nSPS) is 12.6. The van der Waals surface area contributed by atoms with Crippen LogP contribution in [0, 0.1) is 5.92 Å². The first-order chi connectivity index (χ1) is 8.56. The SMILES string of the molecule is CCCc1nc(NCC)cc(OC(C)C(C)C)n1. The molecule has 0 radical (unpaired) electrons. The summed E-state index contributed by atoms with van der Waals surface area (Å²) in [6, 6.07) is 1.88. The van der Waals surface area contributed by atoms with E-state index >= 15 is 0 Å². The van der Waals surface area contributed by atoms with E-state index in [4.69, 9.17) is 4.74 Å². The van der Waals surface area contributed by atoms with Crippen molar-refractivity contribution in [3.05, 3.63) is 11.9 Å². The molecule has 0 saturated carbocycles. The zero-order valence-electron chi connectivity index (χ0n) is 12.2. The molecule has 0 aliphatic rings. The van der Waals surface area contributed by atoms with Crippen molar-refractivity contribution in [3.63, 3.8) is 0 Å². The molecule has 0 bridgehead atoms. The van der Waals surface area contributed by atoms with E-state index < -0.39 is 0 Å². The van der Waals surface area contributed by atoms with Gasteiger partial charge in [0, 0.05) is 19.0 Å². The van der Waals surface area contributed by atoms with Gasteiger partial charge in [0.2, 0.25) is 5.88 Å². The topological polar surface area (TPSA) is 47.0 Å². The summed E-state index contributed by atoms with van der Waals surface area (Å²) in [6.07, 6.45) is 2.07. The van der Waals surface area contributed by atoms with Gasteiger partial charge in [-0.1, -0.05) is 20.8 Å². The minimum atomic E-state index is 0.156. The summed E-state index contributed by atoms with van der Waals surface area (Å²) in [6.45, 7) is 11.4. The molecule has 1 heterocycles. The highest BCUT2D eigenvalue weighted by atomic mass is 16.5. The molecule has 1 atom stereocenters. The van der Waals surface area contributed by atoms with Gasteiger partial charge < -0.3 is 10.1 Å². The third-order valence-electron chi connectivity index (χ3n) is 2.83. The third kappa shape index (κ3) is 4.51. The smallest absolute Gasteiger partial charge is 0.218 e. The quantitative estimate of drug-likeness (QED) is 0.808. The van der Waals surface area contributed by atoms with Crippen molar-refractivity contribution in [1.82, 2.24) is 9.97 Å². The number of aromatic nitrogens is 2. The van der Waals surface area contributed by atoms with E-state index in [-0.39, 0.29) is 6.10 Å². The van der Waals surface area contributed by atoms with Crippen molar-refractivity contribution in [2.45, 2.75) is 53.6 Å². The van der Waals surface area contributed by atoms with Gasteiger partial charge in [-0.25, -0.2) is 4.98 Å². The van der Waals surface area contributed by atoms with Crippen LogP contribution in [0.1, 0.15) is 46.9 Å². The lowest BCUT2D eigenvalue weighted by Gasteiger charge is -2.18. The lowest BCUT2D eigenvalue weighted by Crippen LogP contribution is -2.20. The van der Waals surface area contributed by atoms with Crippen LogP contribution < -0.4 is 10.1 Å². The second kappa shape index (κ2) is 7.19. The van der Waals surface area contributed by atoms with Gasteiger partial charge in [0.25, 0.3) is 0 Å². The lowest BCUT2D eigenvalue weighted by atomic mass is 10.1. The molecular weight excluding hydrogens is 226 g/mol. The number of ether oxygens (including phenoxy) is 1. The fraction of sp³-hybridized carbons (Fsp3) is 0.714. The molecule has 102 valence electrons. The minimum absolute atomic E-state index is 0.156. The molecule has 0 aliphatic heterocycles. The molecule has 18 heavy (non-hydrogen) atoms.